The minimum Gasteiger partial charge on any atom is -0.465 e. The zero-order valence-electron chi connectivity index (χ0n) is 10.9. The number of Topliss-reactive ketones (excluding diaryl/α,β-unsaturated/α-hetero) is 1. The molecular weight excluding hydrogens is 204 g/mol. The van der Waals surface area contributed by atoms with Crippen LogP contribution in [0.15, 0.2) is 0 Å². The fourth-order valence-electron chi connectivity index (χ4n) is 1.92. The predicted molar refractivity (Wildman–Crippen MR) is 64.1 cm³/mol. The first-order chi connectivity index (χ1) is 7.62. The summed E-state index contributed by atoms with van der Waals surface area (Å²) in [5.74, 6) is -0.468. The van der Waals surface area contributed by atoms with Crippen molar-refractivity contribution >= 4 is 11.8 Å². The number of ketones is 1. The Morgan fingerprint density at radius 1 is 1.00 bits per heavy atom. The number of carbonyl (C=O) groups excluding carboxylic acids is 2. The maximum atomic E-state index is 11.8. The van der Waals surface area contributed by atoms with Gasteiger partial charge in [0.2, 0.25) is 0 Å². The zero-order chi connectivity index (χ0) is 12.6. The van der Waals surface area contributed by atoms with Crippen molar-refractivity contribution in [3.8, 4) is 0 Å². The molecule has 0 bridgehead atoms. The van der Waals surface area contributed by atoms with Crippen LogP contribution in [0.5, 0.6) is 0 Å². The Labute approximate surface area is 98.6 Å². The van der Waals surface area contributed by atoms with Crippen molar-refractivity contribution in [3.63, 3.8) is 0 Å². The van der Waals surface area contributed by atoms with Crippen molar-refractivity contribution in [1.82, 2.24) is 0 Å². The molecule has 0 saturated carbocycles. The highest BCUT2D eigenvalue weighted by atomic mass is 16.5. The van der Waals surface area contributed by atoms with Crippen LogP contribution in [0.2, 0.25) is 0 Å². The van der Waals surface area contributed by atoms with Gasteiger partial charge in [0.05, 0.1) is 12.5 Å². The average molecular weight is 228 g/mol. The monoisotopic (exact) mass is 228 g/mol. The van der Waals surface area contributed by atoms with E-state index in [1.807, 2.05) is 27.7 Å². The highest BCUT2D eigenvalue weighted by Crippen LogP contribution is 2.23. The van der Waals surface area contributed by atoms with E-state index in [0.717, 1.165) is 6.42 Å². The number of rotatable bonds is 8. The lowest BCUT2D eigenvalue weighted by Gasteiger charge is -2.22. The number of carbonyl (C=O) groups is 2. The van der Waals surface area contributed by atoms with Gasteiger partial charge in [0.1, 0.15) is 5.78 Å². The highest BCUT2D eigenvalue weighted by Gasteiger charge is 2.30. The SMILES string of the molecule is CCCOC(=O)C(CC)C(CC)C(=O)CC. The molecule has 2 atom stereocenters. The molecule has 0 fully saturated rings. The number of esters is 1. The second kappa shape index (κ2) is 8.31. The first-order valence-corrected chi connectivity index (χ1v) is 6.31. The molecule has 0 aliphatic rings. The van der Waals surface area contributed by atoms with Gasteiger partial charge in [-0.15, -0.1) is 0 Å². The summed E-state index contributed by atoms with van der Waals surface area (Å²) >= 11 is 0. The topological polar surface area (TPSA) is 43.4 Å². The minimum absolute atomic E-state index is 0.167. The lowest BCUT2D eigenvalue weighted by atomic mass is 9.84. The molecule has 0 aromatic heterocycles. The van der Waals surface area contributed by atoms with Crippen LogP contribution in [0, 0.1) is 11.8 Å². The normalized spacial score (nSPS) is 14.2. The van der Waals surface area contributed by atoms with Gasteiger partial charge < -0.3 is 4.74 Å². The number of ether oxygens (including phenoxy) is 1. The van der Waals surface area contributed by atoms with Crippen LogP contribution in [-0.4, -0.2) is 18.4 Å². The summed E-state index contributed by atoms with van der Waals surface area (Å²) in [5.41, 5.74) is 0. The molecule has 2 unspecified atom stereocenters. The quantitative estimate of drug-likeness (QED) is 0.600. The van der Waals surface area contributed by atoms with E-state index in [0.29, 0.717) is 25.9 Å². The van der Waals surface area contributed by atoms with Crippen molar-refractivity contribution in [2.24, 2.45) is 11.8 Å². The molecule has 0 heterocycles. The van der Waals surface area contributed by atoms with E-state index in [1.54, 1.807) is 0 Å². The van der Waals surface area contributed by atoms with Crippen LogP contribution in [0.25, 0.3) is 0 Å². The lowest BCUT2D eigenvalue weighted by Crippen LogP contribution is -2.30. The molecule has 3 heteroatoms. The van der Waals surface area contributed by atoms with E-state index in [2.05, 4.69) is 0 Å². The van der Waals surface area contributed by atoms with E-state index in [9.17, 15) is 9.59 Å². The summed E-state index contributed by atoms with van der Waals surface area (Å²) in [6, 6.07) is 0. The van der Waals surface area contributed by atoms with E-state index in [1.165, 1.54) is 0 Å². The summed E-state index contributed by atoms with van der Waals surface area (Å²) < 4.78 is 5.13. The van der Waals surface area contributed by atoms with Gasteiger partial charge in [0.25, 0.3) is 0 Å². The van der Waals surface area contributed by atoms with Crippen LogP contribution < -0.4 is 0 Å². The first-order valence-electron chi connectivity index (χ1n) is 6.31. The minimum atomic E-state index is -0.260. The molecule has 0 aromatic rings. The third kappa shape index (κ3) is 4.33. The maximum absolute atomic E-state index is 11.8. The number of hydrogen-bond donors (Lipinski definition) is 0. The van der Waals surface area contributed by atoms with Gasteiger partial charge >= 0.3 is 5.97 Å². The number of hydrogen-bond acceptors (Lipinski definition) is 3. The second-order valence-electron chi connectivity index (χ2n) is 4.02. The molecule has 0 spiro atoms. The lowest BCUT2D eigenvalue weighted by molar-refractivity contribution is -0.153. The van der Waals surface area contributed by atoms with Crippen LogP contribution in [-0.2, 0) is 14.3 Å². The van der Waals surface area contributed by atoms with Crippen LogP contribution in [0.1, 0.15) is 53.4 Å². The van der Waals surface area contributed by atoms with Crippen molar-refractivity contribution in [1.29, 1.82) is 0 Å². The Bertz CT molecular complexity index is 223. The summed E-state index contributed by atoms with van der Waals surface area (Å²) in [7, 11) is 0. The summed E-state index contributed by atoms with van der Waals surface area (Å²) in [6.45, 7) is 8.14. The van der Waals surface area contributed by atoms with Crippen LogP contribution in [0.4, 0.5) is 0 Å². The van der Waals surface area contributed by atoms with Gasteiger partial charge in [-0.05, 0) is 19.3 Å². The second-order valence-corrected chi connectivity index (χ2v) is 4.02. The van der Waals surface area contributed by atoms with Crippen molar-refractivity contribution < 1.29 is 14.3 Å². The van der Waals surface area contributed by atoms with E-state index in [4.69, 9.17) is 4.74 Å². The first kappa shape index (κ1) is 15.1. The Kier molecular flexibility index (Phi) is 7.86. The van der Waals surface area contributed by atoms with Gasteiger partial charge in [-0.1, -0.05) is 27.7 Å². The molecule has 0 aliphatic carbocycles. The molecule has 3 nitrogen and oxygen atoms in total. The summed E-state index contributed by atoms with van der Waals surface area (Å²) in [5, 5.41) is 0. The Morgan fingerprint density at radius 3 is 1.94 bits per heavy atom. The molecule has 16 heavy (non-hydrogen) atoms. The summed E-state index contributed by atoms with van der Waals surface area (Å²) in [6.07, 6.45) is 2.70. The average Bonchev–Trinajstić information content (AvgIpc) is 2.31. The standard InChI is InChI=1S/C13H24O3/c1-5-9-16-13(15)11(7-3)10(6-2)12(14)8-4/h10-11H,5-9H2,1-4H3. The molecule has 0 amide bonds. The molecule has 0 saturated heterocycles. The van der Waals surface area contributed by atoms with Gasteiger partial charge in [0, 0.05) is 12.3 Å². The van der Waals surface area contributed by atoms with Crippen molar-refractivity contribution in [2.45, 2.75) is 53.4 Å². The van der Waals surface area contributed by atoms with Gasteiger partial charge in [0.15, 0.2) is 0 Å². The summed E-state index contributed by atoms with van der Waals surface area (Å²) in [4.78, 5) is 23.5. The van der Waals surface area contributed by atoms with Crippen molar-refractivity contribution in [3.05, 3.63) is 0 Å². The Morgan fingerprint density at radius 2 is 1.56 bits per heavy atom. The predicted octanol–water partition coefficient (Wildman–Crippen LogP) is 2.97. The van der Waals surface area contributed by atoms with Crippen LogP contribution >= 0.6 is 0 Å². The molecule has 0 rings (SSSR count). The van der Waals surface area contributed by atoms with Gasteiger partial charge in [-0.3, -0.25) is 9.59 Å². The Hall–Kier alpha value is -0.860. The molecule has 0 N–H and O–H groups in total. The third-order valence-electron chi connectivity index (χ3n) is 2.88. The van der Waals surface area contributed by atoms with Gasteiger partial charge in [-0.2, -0.15) is 0 Å². The fourth-order valence-corrected chi connectivity index (χ4v) is 1.92. The molecule has 94 valence electrons. The molecular formula is C13H24O3. The maximum Gasteiger partial charge on any atom is 0.309 e. The van der Waals surface area contributed by atoms with E-state index >= 15 is 0 Å². The zero-order valence-corrected chi connectivity index (χ0v) is 10.9. The molecule has 0 radical (unpaired) electrons. The molecule has 0 aliphatic heterocycles. The van der Waals surface area contributed by atoms with E-state index < -0.39 is 0 Å². The fraction of sp³-hybridized carbons (Fsp3) is 0.846. The van der Waals surface area contributed by atoms with E-state index in [-0.39, 0.29) is 23.6 Å². The highest BCUT2D eigenvalue weighted by molar-refractivity contribution is 5.86. The molecule has 0 aromatic carbocycles. The third-order valence-corrected chi connectivity index (χ3v) is 2.88. The smallest absolute Gasteiger partial charge is 0.309 e. The largest absolute Gasteiger partial charge is 0.465 e. The van der Waals surface area contributed by atoms with Crippen molar-refractivity contribution in [2.75, 3.05) is 6.61 Å². The Balaban J connectivity index is 4.54. The van der Waals surface area contributed by atoms with Crippen LogP contribution in [0.3, 0.4) is 0 Å². The van der Waals surface area contributed by atoms with Gasteiger partial charge in [-0.25, -0.2) is 0 Å².